The number of aromatic nitrogens is 2. The summed E-state index contributed by atoms with van der Waals surface area (Å²) in [7, 11) is 1.46. The zero-order valence-electron chi connectivity index (χ0n) is 11.7. The molecule has 2 N–H and O–H groups in total. The summed E-state index contributed by atoms with van der Waals surface area (Å²) in [5, 5.41) is 8.81. The highest BCUT2D eigenvalue weighted by Crippen LogP contribution is 2.20. The lowest BCUT2D eigenvalue weighted by molar-refractivity contribution is -0.116. The maximum atomic E-state index is 12.0. The number of amides is 2. The molecule has 7 nitrogen and oxygen atoms in total. The minimum absolute atomic E-state index is 0.0487. The van der Waals surface area contributed by atoms with Crippen LogP contribution in [0.15, 0.2) is 41.2 Å². The third kappa shape index (κ3) is 3.92. The zero-order valence-corrected chi connectivity index (χ0v) is 12.4. The van der Waals surface area contributed by atoms with Crippen LogP contribution in [0.25, 0.3) is 0 Å². The molecule has 0 saturated carbocycles. The highest BCUT2D eigenvalue weighted by atomic mass is 35.5. The highest BCUT2D eigenvalue weighted by molar-refractivity contribution is 6.33. The zero-order chi connectivity index (χ0) is 16.1. The summed E-state index contributed by atoms with van der Waals surface area (Å²) >= 11 is 5.94. The van der Waals surface area contributed by atoms with E-state index in [9.17, 15) is 14.4 Å². The number of nitrogens with one attached hydrogen (secondary N) is 2. The molecule has 2 rings (SSSR count). The van der Waals surface area contributed by atoms with Gasteiger partial charge in [-0.3, -0.25) is 14.4 Å². The molecule has 0 atom stereocenters. The first kappa shape index (κ1) is 15.7. The molecular formula is C14H13ClN4O3. The molecule has 1 aromatic carbocycles. The van der Waals surface area contributed by atoms with E-state index >= 15 is 0 Å². The summed E-state index contributed by atoms with van der Waals surface area (Å²) in [5.41, 5.74) is 0.112. The quantitative estimate of drug-likeness (QED) is 0.883. The highest BCUT2D eigenvalue weighted by Gasteiger charge is 2.16. The molecule has 0 fully saturated rings. The van der Waals surface area contributed by atoms with Gasteiger partial charge >= 0.3 is 0 Å². The monoisotopic (exact) mass is 320 g/mol. The lowest BCUT2D eigenvalue weighted by Crippen LogP contribution is -2.35. The van der Waals surface area contributed by atoms with Crippen LogP contribution in [0.4, 0.5) is 5.69 Å². The second kappa shape index (κ2) is 6.86. The van der Waals surface area contributed by atoms with E-state index in [1.54, 1.807) is 24.3 Å². The van der Waals surface area contributed by atoms with Crippen LogP contribution in [0.5, 0.6) is 0 Å². The van der Waals surface area contributed by atoms with Crippen LogP contribution in [-0.2, 0) is 4.79 Å². The fourth-order valence-electron chi connectivity index (χ4n) is 1.70. The number of H-pyrrole nitrogens is 1. The third-order valence-electron chi connectivity index (χ3n) is 2.77. The Hall–Kier alpha value is -2.67. The van der Waals surface area contributed by atoms with E-state index in [1.165, 1.54) is 24.1 Å². The Morgan fingerprint density at radius 1 is 1.27 bits per heavy atom. The number of hydrogen-bond acceptors (Lipinski definition) is 4. The number of benzene rings is 1. The first-order valence-electron chi connectivity index (χ1n) is 6.33. The predicted octanol–water partition coefficient (Wildman–Crippen LogP) is 1.13. The molecule has 0 bridgehead atoms. The Bertz CT molecular complexity index is 739. The van der Waals surface area contributed by atoms with Crippen LogP contribution in [-0.4, -0.2) is 40.5 Å². The van der Waals surface area contributed by atoms with Gasteiger partial charge in [-0.15, -0.1) is 0 Å². The van der Waals surface area contributed by atoms with Gasteiger partial charge in [0.1, 0.15) is 5.69 Å². The van der Waals surface area contributed by atoms with Crippen molar-refractivity contribution in [3.8, 4) is 0 Å². The molecule has 0 aliphatic rings. The Balaban J connectivity index is 1.99. The Morgan fingerprint density at radius 2 is 2.00 bits per heavy atom. The molecule has 0 spiro atoms. The average molecular weight is 321 g/mol. The van der Waals surface area contributed by atoms with E-state index in [-0.39, 0.29) is 12.2 Å². The molecule has 0 aliphatic carbocycles. The van der Waals surface area contributed by atoms with E-state index in [4.69, 9.17) is 11.6 Å². The Morgan fingerprint density at radius 3 is 2.64 bits per heavy atom. The molecule has 8 heteroatoms. The number of para-hydroxylation sites is 1. The topological polar surface area (TPSA) is 95.2 Å². The van der Waals surface area contributed by atoms with Crippen LogP contribution < -0.4 is 10.9 Å². The average Bonchev–Trinajstić information content (AvgIpc) is 2.49. The van der Waals surface area contributed by atoms with Gasteiger partial charge in [0.2, 0.25) is 5.91 Å². The maximum Gasteiger partial charge on any atom is 0.274 e. The van der Waals surface area contributed by atoms with Crippen LogP contribution in [0.3, 0.4) is 0 Å². The third-order valence-corrected chi connectivity index (χ3v) is 3.10. The van der Waals surface area contributed by atoms with Gasteiger partial charge in [-0.2, -0.15) is 5.10 Å². The van der Waals surface area contributed by atoms with Crippen molar-refractivity contribution in [1.29, 1.82) is 0 Å². The summed E-state index contributed by atoms with van der Waals surface area (Å²) in [5.74, 6) is -0.876. The van der Waals surface area contributed by atoms with Gasteiger partial charge in [-0.05, 0) is 18.2 Å². The number of carbonyl (C=O) groups is 2. The van der Waals surface area contributed by atoms with Crippen molar-refractivity contribution < 1.29 is 9.59 Å². The molecule has 0 radical (unpaired) electrons. The molecule has 1 heterocycles. The molecule has 2 aromatic rings. The number of rotatable bonds is 4. The van der Waals surface area contributed by atoms with Crippen LogP contribution in [0.1, 0.15) is 10.5 Å². The molecule has 114 valence electrons. The van der Waals surface area contributed by atoms with E-state index in [2.05, 4.69) is 15.5 Å². The van der Waals surface area contributed by atoms with Gasteiger partial charge < -0.3 is 10.2 Å². The predicted molar refractivity (Wildman–Crippen MR) is 81.9 cm³/mol. The second-order valence-electron chi connectivity index (χ2n) is 4.50. The lowest BCUT2D eigenvalue weighted by Gasteiger charge is -2.16. The largest absolute Gasteiger partial charge is 0.331 e. The van der Waals surface area contributed by atoms with Crippen molar-refractivity contribution in [2.24, 2.45) is 0 Å². The Kier molecular flexibility index (Phi) is 4.90. The van der Waals surface area contributed by atoms with Crippen LogP contribution in [0, 0.1) is 0 Å². The van der Waals surface area contributed by atoms with Crippen molar-refractivity contribution in [2.45, 2.75) is 0 Å². The normalized spacial score (nSPS) is 10.1. The lowest BCUT2D eigenvalue weighted by atomic mass is 10.3. The minimum Gasteiger partial charge on any atom is -0.331 e. The van der Waals surface area contributed by atoms with Gasteiger partial charge in [0.25, 0.3) is 11.5 Å². The van der Waals surface area contributed by atoms with Gasteiger partial charge in [-0.25, -0.2) is 5.10 Å². The van der Waals surface area contributed by atoms with Crippen LogP contribution in [0.2, 0.25) is 5.02 Å². The number of nitrogens with zero attached hydrogens (tertiary/aromatic N) is 2. The van der Waals surface area contributed by atoms with Gasteiger partial charge in [0.15, 0.2) is 0 Å². The molecule has 0 saturated heterocycles. The van der Waals surface area contributed by atoms with Crippen molar-refractivity contribution in [2.75, 3.05) is 18.9 Å². The van der Waals surface area contributed by atoms with E-state index < -0.39 is 17.4 Å². The van der Waals surface area contributed by atoms with Crippen molar-refractivity contribution >= 4 is 29.1 Å². The van der Waals surface area contributed by atoms with E-state index in [0.29, 0.717) is 10.7 Å². The SMILES string of the molecule is CN(CC(=O)Nc1ccccc1Cl)C(=O)c1ccc(=O)[nH]n1. The fourth-order valence-corrected chi connectivity index (χ4v) is 1.88. The van der Waals surface area contributed by atoms with Crippen molar-refractivity contribution in [1.82, 2.24) is 15.1 Å². The van der Waals surface area contributed by atoms with Gasteiger partial charge in [0.05, 0.1) is 17.3 Å². The molecule has 22 heavy (non-hydrogen) atoms. The smallest absolute Gasteiger partial charge is 0.274 e. The standard InChI is InChI=1S/C14H13ClN4O3/c1-19(14(22)11-6-7-12(20)18-17-11)8-13(21)16-10-5-3-2-4-9(10)15/h2-7H,8H2,1H3,(H,16,21)(H,18,20). The number of likely N-dealkylation sites (N-methyl/N-ethyl adjacent to an activating group) is 1. The number of halogens is 1. The number of aromatic amines is 1. The number of anilines is 1. The summed E-state index contributed by atoms with van der Waals surface area (Å²) in [6.45, 7) is -0.176. The van der Waals surface area contributed by atoms with E-state index in [0.717, 1.165) is 0 Å². The molecule has 0 unspecified atom stereocenters. The first-order valence-corrected chi connectivity index (χ1v) is 6.71. The summed E-state index contributed by atoms with van der Waals surface area (Å²) in [6.07, 6.45) is 0. The summed E-state index contributed by atoms with van der Waals surface area (Å²) in [4.78, 5) is 36.1. The molecule has 2 amide bonds. The molecule has 1 aromatic heterocycles. The summed E-state index contributed by atoms with van der Waals surface area (Å²) in [6, 6.07) is 9.28. The van der Waals surface area contributed by atoms with Crippen LogP contribution >= 0.6 is 11.6 Å². The maximum absolute atomic E-state index is 12.0. The number of hydrogen-bond donors (Lipinski definition) is 2. The van der Waals surface area contributed by atoms with Gasteiger partial charge in [-0.1, -0.05) is 23.7 Å². The molecular weight excluding hydrogens is 308 g/mol. The summed E-state index contributed by atoms with van der Waals surface area (Å²) < 4.78 is 0. The van der Waals surface area contributed by atoms with Gasteiger partial charge in [0, 0.05) is 13.1 Å². The van der Waals surface area contributed by atoms with Crippen molar-refractivity contribution in [3.05, 3.63) is 57.5 Å². The second-order valence-corrected chi connectivity index (χ2v) is 4.90. The van der Waals surface area contributed by atoms with Crippen molar-refractivity contribution in [3.63, 3.8) is 0 Å². The Labute approximate surface area is 130 Å². The minimum atomic E-state index is -0.481. The van der Waals surface area contributed by atoms with E-state index in [1.807, 2.05) is 0 Å². The fraction of sp³-hybridized carbons (Fsp3) is 0.143. The molecule has 0 aliphatic heterocycles. The first-order chi connectivity index (χ1) is 10.5. The number of carbonyl (C=O) groups excluding carboxylic acids is 2.